The van der Waals surface area contributed by atoms with Gasteiger partial charge in [0.25, 0.3) is 5.91 Å². The Balaban J connectivity index is 1.37. The molecule has 2 amide bonds. The molecule has 11 heteroatoms. The number of carbonyl (C=O) groups is 3. The number of nitrogens with zero attached hydrogens (tertiary/aromatic N) is 2. The highest BCUT2D eigenvalue weighted by molar-refractivity contribution is 8.01. The molecule has 164 valence electrons. The van der Waals surface area contributed by atoms with Gasteiger partial charge in [-0.05, 0) is 38.5 Å². The Labute approximate surface area is 185 Å². The number of nitrogens with one attached hydrogen (secondary N) is 1. The molecule has 3 atom stereocenters. The molecule has 31 heavy (non-hydrogen) atoms. The summed E-state index contributed by atoms with van der Waals surface area (Å²) in [6.07, 6.45) is -0.0217. The summed E-state index contributed by atoms with van der Waals surface area (Å²) in [5.41, 5.74) is 0.742. The molecule has 7 nitrogen and oxygen atoms in total. The van der Waals surface area contributed by atoms with E-state index in [1.807, 2.05) is 6.92 Å². The standard InChI is InChI=1S/C20H19F2N3O4S2/c1-10(29-18(28)15-9-31-20(2)6-5-16(26)25(15)20)17(27)24-19-23-14(8-30-19)11-3-4-12(21)13(22)7-11/h3-4,7-8,10,15H,5-6,9H2,1-2H3,(H,23,24,27)/t10-,15-,20+/m1/s1. The highest BCUT2D eigenvalue weighted by Gasteiger charge is 2.53. The fourth-order valence-electron chi connectivity index (χ4n) is 3.63. The second-order valence-electron chi connectivity index (χ2n) is 7.50. The average molecular weight is 468 g/mol. The van der Waals surface area contributed by atoms with Gasteiger partial charge < -0.3 is 9.64 Å². The first kappa shape index (κ1) is 21.7. The monoisotopic (exact) mass is 467 g/mol. The van der Waals surface area contributed by atoms with E-state index >= 15 is 0 Å². The number of anilines is 1. The van der Waals surface area contributed by atoms with Crippen molar-refractivity contribution in [3.63, 3.8) is 0 Å². The smallest absolute Gasteiger partial charge is 0.330 e. The third kappa shape index (κ3) is 4.16. The number of esters is 1. The summed E-state index contributed by atoms with van der Waals surface area (Å²) in [5.74, 6) is -2.80. The zero-order chi connectivity index (χ0) is 22.3. The molecule has 0 aliphatic carbocycles. The maximum Gasteiger partial charge on any atom is 0.330 e. The number of fused-ring (bicyclic) bond motifs is 1. The van der Waals surface area contributed by atoms with Crippen molar-refractivity contribution in [3.05, 3.63) is 35.2 Å². The first-order chi connectivity index (χ1) is 14.7. The van der Waals surface area contributed by atoms with Crippen molar-refractivity contribution in [1.29, 1.82) is 0 Å². The zero-order valence-corrected chi connectivity index (χ0v) is 18.3. The Hall–Kier alpha value is -2.53. The molecule has 4 rings (SSSR count). The summed E-state index contributed by atoms with van der Waals surface area (Å²) in [4.78, 5) is 42.6. The predicted octanol–water partition coefficient (Wildman–Crippen LogP) is 3.41. The van der Waals surface area contributed by atoms with Crippen LogP contribution in [0.2, 0.25) is 0 Å². The van der Waals surface area contributed by atoms with Crippen molar-refractivity contribution in [2.75, 3.05) is 11.1 Å². The van der Waals surface area contributed by atoms with Gasteiger partial charge >= 0.3 is 5.97 Å². The van der Waals surface area contributed by atoms with Crippen molar-refractivity contribution >= 4 is 46.0 Å². The number of benzene rings is 1. The minimum Gasteiger partial charge on any atom is -0.451 e. The van der Waals surface area contributed by atoms with Gasteiger partial charge in [-0.15, -0.1) is 23.1 Å². The molecule has 0 bridgehead atoms. The molecule has 2 fully saturated rings. The third-order valence-corrected chi connectivity index (χ3v) is 7.59. The number of rotatable bonds is 5. The van der Waals surface area contributed by atoms with Crippen LogP contribution in [0.15, 0.2) is 23.6 Å². The lowest BCUT2D eigenvalue weighted by molar-refractivity contribution is -0.160. The molecule has 2 aliphatic rings. The van der Waals surface area contributed by atoms with E-state index in [4.69, 9.17) is 4.74 Å². The Kier molecular flexibility index (Phi) is 5.73. The van der Waals surface area contributed by atoms with Crippen LogP contribution in [0.25, 0.3) is 11.3 Å². The van der Waals surface area contributed by atoms with Crippen LogP contribution in [0.4, 0.5) is 13.9 Å². The molecule has 0 saturated carbocycles. The summed E-state index contributed by atoms with van der Waals surface area (Å²) in [5, 5.41) is 4.37. The van der Waals surface area contributed by atoms with E-state index in [1.165, 1.54) is 13.0 Å². The number of hydrogen-bond donors (Lipinski definition) is 1. The predicted molar refractivity (Wildman–Crippen MR) is 112 cm³/mol. The van der Waals surface area contributed by atoms with Crippen molar-refractivity contribution < 1.29 is 27.9 Å². The fourth-order valence-corrected chi connectivity index (χ4v) is 5.77. The van der Waals surface area contributed by atoms with Gasteiger partial charge in [0.2, 0.25) is 5.91 Å². The molecular weight excluding hydrogens is 448 g/mol. The second-order valence-corrected chi connectivity index (χ2v) is 9.86. The summed E-state index contributed by atoms with van der Waals surface area (Å²) >= 11 is 2.64. The van der Waals surface area contributed by atoms with E-state index in [2.05, 4.69) is 10.3 Å². The van der Waals surface area contributed by atoms with E-state index in [0.717, 1.165) is 23.5 Å². The molecule has 1 aromatic carbocycles. The van der Waals surface area contributed by atoms with Crippen LogP contribution < -0.4 is 5.32 Å². The number of thiazole rings is 1. The first-order valence-electron chi connectivity index (χ1n) is 9.56. The summed E-state index contributed by atoms with van der Waals surface area (Å²) in [7, 11) is 0. The highest BCUT2D eigenvalue weighted by Crippen LogP contribution is 2.47. The van der Waals surface area contributed by atoms with Crippen LogP contribution in [0, 0.1) is 11.6 Å². The highest BCUT2D eigenvalue weighted by atomic mass is 32.2. The normalized spacial score (nSPS) is 23.5. The molecule has 0 unspecified atom stereocenters. The zero-order valence-electron chi connectivity index (χ0n) is 16.7. The van der Waals surface area contributed by atoms with E-state index in [1.54, 1.807) is 22.0 Å². The van der Waals surface area contributed by atoms with Gasteiger partial charge in [-0.25, -0.2) is 18.6 Å². The average Bonchev–Trinajstić information content (AvgIpc) is 3.40. The van der Waals surface area contributed by atoms with Gasteiger partial charge in [0, 0.05) is 23.1 Å². The van der Waals surface area contributed by atoms with Crippen LogP contribution in [0.1, 0.15) is 26.7 Å². The van der Waals surface area contributed by atoms with Crippen molar-refractivity contribution in [3.8, 4) is 11.3 Å². The number of carbonyl (C=O) groups excluding carboxylic acids is 3. The van der Waals surface area contributed by atoms with Crippen LogP contribution >= 0.6 is 23.1 Å². The SMILES string of the molecule is C[C@@H](OC(=O)[C@H]1CS[C@@]2(C)CCC(=O)N12)C(=O)Nc1nc(-c2ccc(F)c(F)c2)cs1. The molecule has 2 aliphatic heterocycles. The Morgan fingerprint density at radius 2 is 2.13 bits per heavy atom. The van der Waals surface area contributed by atoms with E-state index < -0.39 is 40.5 Å². The largest absolute Gasteiger partial charge is 0.451 e. The Morgan fingerprint density at radius 3 is 2.87 bits per heavy atom. The van der Waals surface area contributed by atoms with Gasteiger partial charge in [0.15, 0.2) is 22.9 Å². The second kappa shape index (κ2) is 8.19. The lowest BCUT2D eigenvalue weighted by atomic mass is 10.2. The summed E-state index contributed by atoms with van der Waals surface area (Å²) in [6.45, 7) is 3.36. The minimum atomic E-state index is -1.10. The number of hydrogen-bond acceptors (Lipinski definition) is 7. The van der Waals surface area contributed by atoms with Crippen LogP contribution in [-0.4, -0.2) is 50.4 Å². The van der Waals surface area contributed by atoms with Crippen molar-refractivity contribution in [1.82, 2.24) is 9.88 Å². The van der Waals surface area contributed by atoms with Gasteiger partial charge in [0.1, 0.15) is 6.04 Å². The van der Waals surface area contributed by atoms with Gasteiger partial charge in [0.05, 0.1) is 10.6 Å². The Morgan fingerprint density at radius 1 is 1.35 bits per heavy atom. The van der Waals surface area contributed by atoms with Crippen LogP contribution in [0.3, 0.4) is 0 Å². The maximum atomic E-state index is 13.4. The fraction of sp³-hybridized carbons (Fsp3) is 0.400. The molecule has 3 heterocycles. The number of halogens is 2. The molecule has 2 saturated heterocycles. The van der Waals surface area contributed by atoms with Gasteiger partial charge in [-0.3, -0.25) is 14.9 Å². The number of ether oxygens (including phenoxy) is 1. The van der Waals surface area contributed by atoms with Crippen molar-refractivity contribution in [2.45, 2.75) is 43.7 Å². The number of aromatic nitrogens is 1. The quantitative estimate of drug-likeness (QED) is 0.678. The number of amides is 2. The topological polar surface area (TPSA) is 88.6 Å². The maximum absolute atomic E-state index is 13.4. The lowest BCUT2D eigenvalue weighted by Crippen LogP contribution is -2.48. The van der Waals surface area contributed by atoms with Gasteiger partial charge in [-0.2, -0.15) is 0 Å². The molecule has 0 spiro atoms. The third-order valence-electron chi connectivity index (χ3n) is 5.33. The van der Waals surface area contributed by atoms with E-state index in [9.17, 15) is 23.2 Å². The molecule has 0 radical (unpaired) electrons. The molecule has 1 aromatic heterocycles. The van der Waals surface area contributed by atoms with E-state index in [-0.39, 0.29) is 11.0 Å². The van der Waals surface area contributed by atoms with E-state index in [0.29, 0.717) is 29.9 Å². The summed E-state index contributed by atoms with van der Waals surface area (Å²) < 4.78 is 31.8. The van der Waals surface area contributed by atoms with Crippen LogP contribution in [0.5, 0.6) is 0 Å². The summed E-state index contributed by atoms with van der Waals surface area (Å²) in [6, 6.07) is 2.70. The Bertz CT molecular complexity index is 1060. The minimum absolute atomic E-state index is 0.0842. The molecular formula is C20H19F2N3O4S2. The molecule has 1 N–H and O–H groups in total. The van der Waals surface area contributed by atoms with Crippen LogP contribution in [-0.2, 0) is 19.1 Å². The molecule has 2 aromatic rings. The van der Waals surface area contributed by atoms with Gasteiger partial charge in [-0.1, -0.05) is 0 Å². The van der Waals surface area contributed by atoms with Crippen molar-refractivity contribution in [2.24, 2.45) is 0 Å². The lowest BCUT2D eigenvalue weighted by Gasteiger charge is -2.29. The number of thioether (sulfide) groups is 1. The first-order valence-corrected chi connectivity index (χ1v) is 11.4.